The molecule has 1 heteroatoms. The minimum atomic E-state index is 0.402. The number of quaternary nitrogens is 1. The molecule has 0 aromatic heterocycles. The van der Waals surface area contributed by atoms with Crippen LogP contribution in [0.5, 0.6) is 0 Å². The van der Waals surface area contributed by atoms with Gasteiger partial charge in [0.15, 0.2) is 0 Å². The largest absolute Gasteiger partial charge is 0.335 e. The first-order valence-corrected chi connectivity index (χ1v) is 7.67. The van der Waals surface area contributed by atoms with Crippen LogP contribution in [0.15, 0.2) is 42.5 Å². The Morgan fingerprint density at radius 3 is 2.42 bits per heavy atom. The van der Waals surface area contributed by atoms with Gasteiger partial charge in [0.05, 0.1) is 0 Å². The second-order valence-corrected chi connectivity index (χ2v) is 6.42. The number of hydrogen-bond donors (Lipinski definition) is 1. The molecule has 0 saturated heterocycles. The molecule has 1 saturated carbocycles. The van der Waals surface area contributed by atoms with E-state index in [0.717, 1.165) is 0 Å². The molecule has 104 valence electrons. The van der Waals surface area contributed by atoms with Crippen LogP contribution in [-0.4, -0.2) is 5.54 Å². The highest BCUT2D eigenvalue weighted by Gasteiger charge is 2.37. The fraction of sp³-hybridized carbons (Fsp3) is 0.556. The molecule has 0 amide bonds. The summed E-state index contributed by atoms with van der Waals surface area (Å²) in [5, 5.41) is 2.62. The lowest BCUT2D eigenvalue weighted by molar-refractivity contribution is -0.763. The van der Waals surface area contributed by atoms with E-state index in [9.17, 15) is 0 Å². The monoisotopic (exact) mass is 258 g/mol. The van der Waals surface area contributed by atoms with Crippen molar-refractivity contribution in [3.05, 3.63) is 48.0 Å². The standard InChI is InChI=1S/C18H27N/c1-15(2)14-18(12-8-5-9-13-18)19-16(3)17-10-6-4-7-11-17/h4,6-7,10-11,16,19H,1,5,8-9,12-14H2,2-3H3/p+1/t16-/m0/s1. The van der Waals surface area contributed by atoms with Crippen molar-refractivity contribution in [1.29, 1.82) is 0 Å². The van der Waals surface area contributed by atoms with Crippen LogP contribution in [0.1, 0.15) is 64.0 Å². The van der Waals surface area contributed by atoms with Gasteiger partial charge in [-0.3, -0.25) is 0 Å². The van der Waals surface area contributed by atoms with Crippen LogP contribution in [-0.2, 0) is 0 Å². The SMILES string of the molecule is C=C(C)CC1([NH2+][C@@H](C)c2ccccc2)CCCCC1. The van der Waals surface area contributed by atoms with Gasteiger partial charge >= 0.3 is 0 Å². The molecule has 1 aromatic rings. The summed E-state index contributed by atoms with van der Waals surface area (Å²) in [6, 6.07) is 11.4. The number of benzene rings is 1. The fourth-order valence-corrected chi connectivity index (χ4v) is 3.64. The summed E-state index contributed by atoms with van der Waals surface area (Å²) in [6.45, 7) is 8.67. The predicted molar refractivity (Wildman–Crippen MR) is 82.0 cm³/mol. The van der Waals surface area contributed by atoms with Crippen LogP contribution in [0.3, 0.4) is 0 Å². The minimum absolute atomic E-state index is 0.402. The molecule has 1 aromatic carbocycles. The van der Waals surface area contributed by atoms with Crippen molar-refractivity contribution in [2.45, 2.75) is 64.0 Å². The van der Waals surface area contributed by atoms with Crippen molar-refractivity contribution in [2.24, 2.45) is 0 Å². The molecule has 0 heterocycles. The van der Waals surface area contributed by atoms with Crippen molar-refractivity contribution >= 4 is 0 Å². The summed E-state index contributed by atoms with van der Waals surface area (Å²) in [7, 11) is 0. The lowest BCUT2D eigenvalue weighted by atomic mass is 9.77. The Hall–Kier alpha value is -1.08. The first-order chi connectivity index (χ1) is 9.11. The summed E-state index contributed by atoms with van der Waals surface area (Å²) in [5.74, 6) is 0. The average Bonchev–Trinajstić information content (AvgIpc) is 2.39. The Morgan fingerprint density at radius 1 is 1.21 bits per heavy atom. The van der Waals surface area contributed by atoms with Crippen LogP contribution in [0.4, 0.5) is 0 Å². The Balaban J connectivity index is 2.09. The highest BCUT2D eigenvalue weighted by atomic mass is 15.0. The Morgan fingerprint density at radius 2 is 1.84 bits per heavy atom. The molecule has 1 aliphatic rings. The maximum Gasteiger partial charge on any atom is 0.109 e. The van der Waals surface area contributed by atoms with E-state index in [2.05, 4.69) is 56.1 Å². The van der Waals surface area contributed by atoms with Crippen LogP contribution in [0, 0.1) is 0 Å². The molecule has 2 rings (SSSR count). The quantitative estimate of drug-likeness (QED) is 0.769. The lowest BCUT2D eigenvalue weighted by Crippen LogP contribution is -2.97. The third kappa shape index (κ3) is 3.94. The van der Waals surface area contributed by atoms with Gasteiger partial charge < -0.3 is 5.32 Å². The molecule has 0 unspecified atom stereocenters. The van der Waals surface area contributed by atoms with E-state index >= 15 is 0 Å². The van der Waals surface area contributed by atoms with E-state index in [-0.39, 0.29) is 0 Å². The number of hydrogen-bond acceptors (Lipinski definition) is 0. The van der Waals surface area contributed by atoms with Gasteiger partial charge in [-0.25, -0.2) is 0 Å². The molecule has 0 aliphatic heterocycles. The van der Waals surface area contributed by atoms with E-state index in [0.29, 0.717) is 11.6 Å². The maximum absolute atomic E-state index is 4.15. The Kier molecular flexibility index (Phi) is 4.81. The Labute approximate surface area is 118 Å². The molecular weight excluding hydrogens is 230 g/mol. The summed E-state index contributed by atoms with van der Waals surface area (Å²) in [5.41, 5.74) is 3.17. The van der Waals surface area contributed by atoms with E-state index in [1.165, 1.54) is 49.7 Å². The second kappa shape index (κ2) is 6.38. The molecule has 1 aliphatic carbocycles. The molecular formula is C18H28N+. The van der Waals surface area contributed by atoms with Gasteiger partial charge in [0.2, 0.25) is 0 Å². The topological polar surface area (TPSA) is 16.6 Å². The van der Waals surface area contributed by atoms with Crippen molar-refractivity contribution in [3.8, 4) is 0 Å². The van der Waals surface area contributed by atoms with Crippen LogP contribution >= 0.6 is 0 Å². The first-order valence-electron chi connectivity index (χ1n) is 7.67. The van der Waals surface area contributed by atoms with Gasteiger partial charge in [0.25, 0.3) is 0 Å². The zero-order valence-corrected chi connectivity index (χ0v) is 12.5. The lowest BCUT2D eigenvalue weighted by Gasteiger charge is -2.37. The van der Waals surface area contributed by atoms with E-state index < -0.39 is 0 Å². The summed E-state index contributed by atoms with van der Waals surface area (Å²) >= 11 is 0. The predicted octanol–water partition coefficient (Wildman–Crippen LogP) is 3.98. The summed E-state index contributed by atoms with van der Waals surface area (Å²) in [4.78, 5) is 0. The summed E-state index contributed by atoms with van der Waals surface area (Å²) < 4.78 is 0. The van der Waals surface area contributed by atoms with Gasteiger partial charge in [-0.2, -0.15) is 0 Å². The van der Waals surface area contributed by atoms with E-state index in [1.807, 2.05) is 0 Å². The van der Waals surface area contributed by atoms with E-state index in [4.69, 9.17) is 0 Å². The number of rotatable bonds is 5. The minimum Gasteiger partial charge on any atom is -0.335 e. The van der Waals surface area contributed by atoms with Crippen molar-refractivity contribution in [3.63, 3.8) is 0 Å². The molecule has 0 spiro atoms. The normalized spacial score (nSPS) is 19.9. The zero-order chi connectivity index (χ0) is 13.7. The zero-order valence-electron chi connectivity index (χ0n) is 12.5. The Bertz CT molecular complexity index is 401. The van der Waals surface area contributed by atoms with Gasteiger partial charge in [-0.05, 0) is 26.7 Å². The van der Waals surface area contributed by atoms with Crippen molar-refractivity contribution < 1.29 is 5.32 Å². The van der Waals surface area contributed by atoms with E-state index in [1.54, 1.807) is 0 Å². The van der Waals surface area contributed by atoms with Gasteiger partial charge in [-0.1, -0.05) is 48.9 Å². The van der Waals surface area contributed by atoms with Crippen LogP contribution in [0.25, 0.3) is 0 Å². The average molecular weight is 258 g/mol. The van der Waals surface area contributed by atoms with Crippen LogP contribution in [0.2, 0.25) is 0 Å². The second-order valence-electron chi connectivity index (χ2n) is 6.42. The van der Waals surface area contributed by atoms with Gasteiger partial charge in [0.1, 0.15) is 11.6 Å². The maximum atomic E-state index is 4.15. The third-order valence-corrected chi connectivity index (χ3v) is 4.43. The molecule has 1 atom stereocenters. The van der Waals surface area contributed by atoms with Gasteiger partial charge in [0, 0.05) is 24.8 Å². The van der Waals surface area contributed by atoms with Crippen molar-refractivity contribution in [2.75, 3.05) is 0 Å². The molecule has 1 nitrogen and oxygen atoms in total. The first kappa shape index (κ1) is 14.3. The number of nitrogens with two attached hydrogens (primary N) is 1. The molecule has 19 heavy (non-hydrogen) atoms. The highest BCUT2D eigenvalue weighted by molar-refractivity contribution is 5.16. The summed E-state index contributed by atoms with van der Waals surface area (Å²) in [6.07, 6.45) is 8.03. The highest BCUT2D eigenvalue weighted by Crippen LogP contribution is 2.30. The fourth-order valence-electron chi connectivity index (χ4n) is 3.64. The van der Waals surface area contributed by atoms with Crippen LogP contribution < -0.4 is 5.32 Å². The molecule has 0 radical (unpaired) electrons. The molecule has 1 fully saturated rings. The molecule has 0 bridgehead atoms. The van der Waals surface area contributed by atoms with Crippen molar-refractivity contribution in [1.82, 2.24) is 0 Å². The molecule has 2 N–H and O–H groups in total. The third-order valence-electron chi connectivity index (χ3n) is 4.43. The van der Waals surface area contributed by atoms with Gasteiger partial charge in [-0.15, -0.1) is 0 Å². The smallest absolute Gasteiger partial charge is 0.109 e.